The fourth-order valence-electron chi connectivity index (χ4n) is 5.10. The summed E-state index contributed by atoms with van der Waals surface area (Å²) in [4.78, 5) is 25.5. The van der Waals surface area contributed by atoms with Gasteiger partial charge in [0.15, 0.2) is 0 Å². The number of piperidine rings is 1. The van der Waals surface area contributed by atoms with Gasteiger partial charge in [-0.2, -0.15) is 0 Å². The Kier molecular flexibility index (Phi) is 5.51. The lowest BCUT2D eigenvalue weighted by Gasteiger charge is -2.54. The zero-order valence-electron chi connectivity index (χ0n) is 16.9. The average molecular weight is 422 g/mol. The molecule has 6 nitrogen and oxygen atoms in total. The van der Waals surface area contributed by atoms with Crippen LogP contribution in [0.4, 0.5) is 0 Å². The largest absolute Gasteiger partial charge is 0.487 e. The number of carboxylic acids is 1. The summed E-state index contributed by atoms with van der Waals surface area (Å²) in [5.74, 6) is 0.0798. The number of fused-ring (bicyclic) bond motifs is 4. The number of benzene rings is 1. The molecule has 0 unspecified atom stereocenters. The SMILES string of the molecule is CC1(C)Oc2ccc(Cl)cc2[C@@H]2O[C@@H]3CCCN(C(=O)CCCC(=O)O)[C@@H]3C[C@H]21. The lowest BCUT2D eigenvalue weighted by molar-refractivity contribution is -0.193. The van der Waals surface area contributed by atoms with E-state index in [2.05, 4.69) is 13.8 Å². The number of aliphatic carboxylic acids is 1. The number of nitrogens with zero attached hydrogens (tertiary/aromatic N) is 1. The van der Waals surface area contributed by atoms with E-state index in [0.717, 1.165) is 30.6 Å². The summed E-state index contributed by atoms with van der Waals surface area (Å²) < 4.78 is 12.9. The molecule has 158 valence electrons. The predicted octanol–water partition coefficient (Wildman–Crippen LogP) is 4.20. The molecule has 1 aromatic rings. The first kappa shape index (κ1) is 20.5. The fraction of sp³-hybridized carbons (Fsp3) is 0.636. The monoisotopic (exact) mass is 421 g/mol. The van der Waals surface area contributed by atoms with Crippen molar-refractivity contribution >= 4 is 23.5 Å². The summed E-state index contributed by atoms with van der Waals surface area (Å²) in [5, 5.41) is 9.50. The molecule has 4 rings (SSSR count). The van der Waals surface area contributed by atoms with E-state index in [1.54, 1.807) is 0 Å². The van der Waals surface area contributed by atoms with E-state index in [1.807, 2.05) is 23.1 Å². The second kappa shape index (κ2) is 7.80. The molecule has 0 aliphatic carbocycles. The summed E-state index contributed by atoms with van der Waals surface area (Å²) in [5.41, 5.74) is 0.566. The second-order valence-corrected chi connectivity index (χ2v) is 9.31. The molecule has 29 heavy (non-hydrogen) atoms. The highest BCUT2D eigenvalue weighted by molar-refractivity contribution is 6.30. The molecule has 1 aromatic carbocycles. The maximum absolute atomic E-state index is 12.8. The summed E-state index contributed by atoms with van der Waals surface area (Å²) in [6.45, 7) is 4.86. The lowest BCUT2D eigenvalue weighted by Crippen LogP contribution is -2.60. The number of carboxylic acid groups (broad SMARTS) is 1. The average Bonchev–Trinajstić information content (AvgIpc) is 2.66. The van der Waals surface area contributed by atoms with Gasteiger partial charge in [0.2, 0.25) is 5.91 Å². The highest BCUT2D eigenvalue weighted by Gasteiger charge is 2.52. The fourth-order valence-corrected chi connectivity index (χ4v) is 5.28. The van der Waals surface area contributed by atoms with Crippen molar-refractivity contribution in [3.05, 3.63) is 28.8 Å². The third kappa shape index (κ3) is 3.97. The molecule has 2 fully saturated rings. The maximum Gasteiger partial charge on any atom is 0.303 e. The number of rotatable bonds is 4. The standard InChI is InChI=1S/C22H28ClNO5/c1-22(2)15-12-16-18(5-4-10-24(16)19(25)6-3-7-20(26)27)28-21(15)14-11-13(23)8-9-17(14)29-22/h8-9,11,15-16,18,21H,3-7,10,12H2,1-2H3,(H,26,27)/t15-,16-,18-,21+/m1/s1. The molecule has 0 spiro atoms. The molecule has 0 radical (unpaired) electrons. The molecule has 3 heterocycles. The van der Waals surface area contributed by atoms with Crippen molar-refractivity contribution in [2.24, 2.45) is 5.92 Å². The minimum absolute atomic E-state index is 0.00550. The number of likely N-dealkylation sites (tertiary alicyclic amines) is 1. The van der Waals surface area contributed by atoms with E-state index in [1.165, 1.54) is 0 Å². The van der Waals surface area contributed by atoms with Gasteiger partial charge in [0.1, 0.15) is 11.4 Å². The Morgan fingerprint density at radius 2 is 2.10 bits per heavy atom. The van der Waals surface area contributed by atoms with Crippen molar-refractivity contribution in [2.75, 3.05) is 6.54 Å². The first-order valence-corrected chi connectivity index (χ1v) is 10.8. The van der Waals surface area contributed by atoms with E-state index >= 15 is 0 Å². The Morgan fingerprint density at radius 1 is 1.31 bits per heavy atom. The van der Waals surface area contributed by atoms with Crippen LogP contribution in [0.2, 0.25) is 5.02 Å². The molecule has 0 aromatic heterocycles. The van der Waals surface area contributed by atoms with E-state index in [9.17, 15) is 9.59 Å². The minimum atomic E-state index is -0.864. The molecule has 3 aliphatic rings. The zero-order valence-corrected chi connectivity index (χ0v) is 17.7. The number of amides is 1. The van der Waals surface area contributed by atoms with Crippen molar-refractivity contribution in [1.29, 1.82) is 0 Å². The van der Waals surface area contributed by atoms with Gasteiger partial charge in [0.25, 0.3) is 0 Å². The summed E-state index contributed by atoms with van der Waals surface area (Å²) >= 11 is 6.25. The van der Waals surface area contributed by atoms with Gasteiger partial charge in [0, 0.05) is 35.9 Å². The molecule has 1 amide bonds. The Hall–Kier alpha value is -1.79. The van der Waals surface area contributed by atoms with Crippen LogP contribution < -0.4 is 4.74 Å². The molecular formula is C22H28ClNO5. The van der Waals surface area contributed by atoms with E-state index < -0.39 is 11.6 Å². The Bertz CT molecular complexity index is 810. The number of halogens is 1. The van der Waals surface area contributed by atoms with Gasteiger partial charge in [0.05, 0.1) is 18.2 Å². The Labute approximate surface area is 176 Å². The van der Waals surface area contributed by atoms with E-state index in [4.69, 9.17) is 26.2 Å². The van der Waals surface area contributed by atoms with Gasteiger partial charge in [-0.15, -0.1) is 0 Å². The van der Waals surface area contributed by atoms with Gasteiger partial charge >= 0.3 is 5.97 Å². The summed E-state index contributed by atoms with van der Waals surface area (Å²) in [6.07, 6.45) is 3.16. The first-order valence-electron chi connectivity index (χ1n) is 10.4. The Balaban J connectivity index is 1.56. The normalized spacial score (nSPS) is 29.8. The molecular weight excluding hydrogens is 394 g/mol. The molecule has 0 bridgehead atoms. The number of carbonyl (C=O) groups is 2. The highest BCUT2D eigenvalue weighted by atomic mass is 35.5. The molecule has 2 saturated heterocycles. The third-order valence-corrected chi connectivity index (χ3v) is 6.78. The van der Waals surface area contributed by atoms with E-state index in [0.29, 0.717) is 18.0 Å². The van der Waals surface area contributed by atoms with E-state index in [-0.39, 0.29) is 42.9 Å². The number of hydrogen-bond acceptors (Lipinski definition) is 4. The molecule has 3 aliphatic heterocycles. The van der Waals surface area contributed by atoms with Crippen LogP contribution in [-0.2, 0) is 14.3 Å². The zero-order chi connectivity index (χ0) is 20.8. The van der Waals surface area contributed by atoms with Crippen molar-refractivity contribution in [3.8, 4) is 5.75 Å². The lowest BCUT2D eigenvalue weighted by atomic mass is 9.72. The number of carbonyl (C=O) groups excluding carboxylic acids is 1. The predicted molar refractivity (Wildman–Crippen MR) is 108 cm³/mol. The van der Waals surface area contributed by atoms with Gasteiger partial charge in [-0.3, -0.25) is 9.59 Å². The van der Waals surface area contributed by atoms with Crippen LogP contribution >= 0.6 is 11.6 Å². The van der Waals surface area contributed by atoms with Crippen molar-refractivity contribution < 1.29 is 24.2 Å². The summed E-state index contributed by atoms with van der Waals surface area (Å²) in [6, 6.07) is 5.68. The van der Waals surface area contributed by atoms with Crippen molar-refractivity contribution in [3.63, 3.8) is 0 Å². The topological polar surface area (TPSA) is 76.1 Å². The van der Waals surface area contributed by atoms with Crippen LogP contribution in [0.1, 0.15) is 64.0 Å². The third-order valence-electron chi connectivity index (χ3n) is 6.55. The highest BCUT2D eigenvalue weighted by Crippen LogP contribution is 2.52. The smallest absolute Gasteiger partial charge is 0.303 e. The van der Waals surface area contributed by atoms with Crippen LogP contribution in [-0.4, -0.2) is 46.2 Å². The second-order valence-electron chi connectivity index (χ2n) is 8.87. The van der Waals surface area contributed by atoms with Gasteiger partial charge in [-0.05, 0) is 57.7 Å². The number of hydrogen-bond donors (Lipinski definition) is 1. The first-order chi connectivity index (χ1) is 13.8. The molecule has 1 N–H and O–H groups in total. The maximum atomic E-state index is 12.8. The van der Waals surface area contributed by atoms with Crippen LogP contribution in [0.15, 0.2) is 18.2 Å². The minimum Gasteiger partial charge on any atom is -0.487 e. The van der Waals surface area contributed by atoms with Crippen LogP contribution in [0, 0.1) is 5.92 Å². The quantitative estimate of drug-likeness (QED) is 0.788. The molecule has 4 atom stereocenters. The summed E-state index contributed by atoms with van der Waals surface area (Å²) in [7, 11) is 0. The van der Waals surface area contributed by atoms with Gasteiger partial charge in [-0.1, -0.05) is 11.6 Å². The van der Waals surface area contributed by atoms with Gasteiger partial charge in [-0.25, -0.2) is 0 Å². The van der Waals surface area contributed by atoms with Crippen LogP contribution in [0.3, 0.4) is 0 Å². The van der Waals surface area contributed by atoms with Crippen molar-refractivity contribution in [1.82, 2.24) is 4.90 Å². The number of ether oxygens (including phenoxy) is 2. The molecule has 7 heteroatoms. The van der Waals surface area contributed by atoms with Crippen molar-refractivity contribution in [2.45, 2.75) is 76.2 Å². The van der Waals surface area contributed by atoms with Crippen LogP contribution in [0.25, 0.3) is 0 Å². The Morgan fingerprint density at radius 3 is 2.86 bits per heavy atom. The van der Waals surface area contributed by atoms with Gasteiger partial charge < -0.3 is 19.5 Å². The van der Waals surface area contributed by atoms with Crippen LogP contribution in [0.5, 0.6) is 5.75 Å². The molecule has 0 saturated carbocycles.